The van der Waals surface area contributed by atoms with Crippen molar-refractivity contribution in [1.29, 1.82) is 5.26 Å². The smallest absolute Gasteiger partial charge is 0.127 e. The van der Waals surface area contributed by atoms with E-state index in [0.29, 0.717) is 11.6 Å². The van der Waals surface area contributed by atoms with Gasteiger partial charge < -0.3 is 10.2 Å². The van der Waals surface area contributed by atoms with Crippen molar-refractivity contribution < 1.29 is 0 Å². The van der Waals surface area contributed by atoms with Crippen molar-refractivity contribution >= 4 is 5.82 Å². The van der Waals surface area contributed by atoms with Crippen LogP contribution >= 0.6 is 0 Å². The van der Waals surface area contributed by atoms with Crippen molar-refractivity contribution in [2.75, 3.05) is 45.6 Å². The third-order valence-corrected chi connectivity index (χ3v) is 3.39. The van der Waals surface area contributed by atoms with Crippen LogP contribution in [0.25, 0.3) is 0 Å². The van der Waals surface area contributed by atoms with Crippen LogP contribution in [0.5, 0.6) is 0 Å². The van der Waals surface area contributed by atoms with Gasteiger partial charge in [0.1, 0.15) is 5.82 Å². The van der Waals surface area contributed by atoms with Gasteiger partial charge in [0.15, 0.2) is 0 Å². The SMILES string of the molecule is CN1CCN(C)C(CNc2cc(C#N)ccn2)C1. The Morgan fingerprint density at radius 3 is 3.11 bits per heavy atom. The topological polar surface area (TPSA) is 55.2 Å². The second kappa shape index (κ2) is 5.80. The second-order valence-electron chi connectivity index (χ2n) is 4.82. The van der Waals surface area contributed by atoms with Crippen LogP contribution < -0.4 is 5.32 Å². The van der Waals surface area contributed by atoms with Crippen LogP contribution in [-0.2, 0) is 0 Å². The van der Waals surface area contributed by atoms with Gasteiger partial charge in [0.05, 0.1) is 11.6 Å². The summed E-state index contributed by atoms with van der Waals surface area (Å²) in [5.74, 6) is 0.774. The third kappa shape index (κ3) is 3.19. The molecular weight excluding hydrogens is 226 g/mol. The Kier molecular flexibility index (Phi) is 4.13. The van der Waals surface area contributed by atoms with Crippen molar-refractivity contribution in [1.82, 2.24) is 14.8 Å². The number of hydrogen-bond donors (Lipinski definition) is 1. The summed E-state index contributed by atoms with van der Waals surface area (Å²) in [4.78, 5) is 8.92. The fraction of sp³-hybridized carbons (Fsp3) is 0.538. The number of nitriles is 1. The maximum absolute atomic E-state index is 8.84. The highest BCUT2D eigenvalue weighted by molar-refractivity contribution is 5.42. The van der Waals surface area contributed by atoms with E-state index in [-0.39, 0.29) is 0 Å². The Labute approximate surface area is 108 Å². The first-order valence-electron chi connectivity index (χ1n) is 6.18. The van der Waals surface area contributed by atoms with E-state index in [2.05, 4.69) is 40.3 Å². The molecule has 1 aromatic rings. The molecule has 1 aliphatic rings. The molecule has 5 nitrogen and oxygen atoms in total. The minimum atomic E-state index is 0.483. The van der Waals surface area contributed by atoms with Crippen LogP contribution in [0.15, 0.2) is 18.3 Å². The third-order valence-electron chi connectivity index (χ3n) is 3.39. The number of pyridine rings is 1. The predicted molar refractivity (Wildman–Crippen MR) is 71.4 cm³/mol. The zero-order valence-electron chi connectivity index (χ0n) is 10.9. The summed E-state index contributed by atoms with van der Waals surface area (Å²) in [6.07, 6.45) is 1.66. The van der Waals surface area contributed by atoms with Gasteiger partial charge in [-0.1, -0.05) is 0 Å². The summed E-state index contributed by atoms with van der Waals surface area (Å²) in [6, 6.07) is 6.10. The number of likely N-dealkylation sites (N-methyl/N-ethyl adjacent to an activating group) is 2. The number of hydrogen-bond acceptors (Lipinski definition) is 5. The van der Waals surface area contributed by atoms with Crippen molar-refractivity contribution in [3.8, 4) is 6.07 Å². The van der Waals surface area contributed by atoms with Gasteiger partial charge in [0, 0.05) is 38.4 Å². The van der Waals surface area contributed by atoms with Crippen LogP contribution in [-0.4, -0.2) is 61.1 Å². The molecular formula is C13H19N5. The van der Waals surface area contributed by atoms with E-state index < -0.39 is 0 Å². The first-order chi connectivity index (χ1) is 8.69. The Bertz CT molecular complexity index is 439. The Hall–Kier alpha value is -1.64. The highest BCUT2D eigenvalue weighted by atomic mass is 15.3. The lowest BCUT2D eigenvalue weighted by atomic mass is 10.2. The Morgan fingerprint density at radius 2 is 2.33 bits per heavy atom. The first-order valence-corrected chi connectivity index (χ1v) is 6.18. The van der Waals surface area contributed by atoms with Crippen LogP contribution in [0.3, 0.4) is 0 Å². The van der Waals surface area contributed by atoms with E-state index in [1.165, 1.54) is 0 Å². The fourth-order valence-electron chi connectivity index (χ4n) is 2.14. The van der Waals surface area contributed by atoms with E-state index >= 15 is 0 Å². The van der Waals surface area contributed by atoms with Gasteiger partial charge >= 0.3 is 0 Å². The molecule has 0 spiro atoms. The maximum Gasteiger partial charge on any atom is 0.127 e. The second-order valence-corrected chi connectivity index (χ2v) is 4.82. The Morgan fingerprint density at radius 1 is 1.50 bits per heavy atom. The van der Waals surface area contributed by atoms with Crippen molar-refractivity contribution in [2.24, 2.45) is 0 Å². The molecule has 96 valence electrons. The van der Waals surface area contributed by atoms with E-state index in [0.717, 1.165) is 32.0 Å². The molecule has 1 fully saturated rings. The standard InChI is InChI=1S/C13H19N5/c1-17-5-6-18(2)12(10-17)9-16-13-7-11(8-14)3-4-15-13/h3-4,7,12H,5-6,9-10H2,1-2H3,(H,15,16). The van der Waals surface area contributed by atoms with Gasteiger partial charge in [0.25, 0.3) is 0 Å². The van der Waals surface area contributed by atoms with Gasteiger partial charge in [-0.3, -0.25) is 4.90 Å². The van der Waals surface area contributed by atoms with E-state index in [9.17, 15) is 0 Å². The molecule has 0 saturated carbocycles. The van der Waals surface area contributed by atoms with E-state index in [1.807, 2.05) is 0 Å². The molecule has 1 saturated heterocycles. The van der Waals surface area contributed by atoms with Crippen molar-refractivity contribution in [2.45, 2.75) is 6.04 Å². The molecule has 18 heavy (non-hydrogen) atoms. The first kappa shape index (κ1) is 12.8. The maximum atomic E-state index is 8.84. The van der Waals surface area contributed by atoms with Gasteiger partial charge in [-0.25, -0.2) is 4.98 Å². The van der Waals surface area contributed by atoms with Crippen molar-refractivity contribution in [3.63, 3.8) is 0 Å². The summed E-state index contributed by atoms with van der Waals surface area (Å²) < 4.78 is 0. The average molecular weight is 245 g/mol. The fourth-order valence-corrected chi connectivity index (χ4v) is 2.14. The molecule has 1 unspecified atom stereocenters. The molecule has 2 heterocycles. The quantitative estimate of drug-likeness (QED) is 0.845. The van der Waals surface area contributed by atoms with Crippen LogP contribution in [0.1, 0.15) is 5.56 Å². The lowest BCUT2D eigenvalue weighted by molar-refractivity contribution is 0.122. The van der Waals surface area contributed by atoms with Gasteiger partial charge in [0.2, 0.25) is 0 Å². The molecule has 2 rings (SSSR count). The molecule has 0 bridgehead atoms. The number of rotatable bonds is 3. The van der Waals surface area contributed by atoms with Gasteiger partial charge in [-0.05, 0) is 26.2 Å². The highest BCUT2D eigenvalue weighted by Crippen LogP contribution is 2.09. The Balaban J connectivity index is 1.92. The van der Waals surface area contributed by atoms with Gasteiger partial charge in [-0.15, -0.1) is 0 Å². The number of anilines is 1. The number of nitrogens with zero attached hydrogens (tertiary/aromatic N) is 4. The molecule has 1 aromatic heterocycles. The molecule has 1 N–H and O–H groups in total. The molecule has 0 aromatic carbocycles. The predicted octanol–water partition coefficient (Wildman–Crippen LogP) is 0.611. The van der Waals surface area contributed by atoms with Crippen LogP contribution in [0.4, 0.5) is 5.82 Å². The summed E-state index contributed by atoms with van der Waals surface area (Å²) >= 11 is 0. The number of aromatic nitrogens is 1. The zero-order valence-corrected chi connectivity index (χ0v) is 10.9. The largest absolute Gasteiger partial charge is 0.368 e. The van der Waals surface area contributed by atoms with E-state index in [1.54, 1.807) is 18.3 Å². The average Bonchev–Trinajstić information content (AvgIpc) is 2.40. The zero-order chi connectivity index (χ0) is 13.0. The lowest BCUT2D eigenvalue weighted by Crippen LogP contribution is -2.52. The highest BCUT2D eigenvalue weighted by Gasteiger charge is 2.21. The molecule has 0 radical (unpaired) electrons. The number of nitrogens with one attached hydrogen (secondary N) is 1. The van der Waals surface area contributed by atoms with E-state index in [4.69, 9.17) is 5.26 Å². The minimum Gasteiger partial charge on any atom is -0.368 e. The minimum absolute atomic E-state index is 0.483. The molecule has 5 heteroatoms. The summed E-state index contributed by atoms with van der Waals surface area (Å²) in [7, 11) is 4.30. The monoisotopic (exact) mass is 245 g/mol. The lowest BCUT2D eigenvalue weighted by Gasteiger charge is -2.37. The van der Waals surface area contributed by atoms with Crippen LogP contribution in [0.2, 0.25) is 0 Å². The number of piperazine rings is 1. The molecule has 1 aliphatic heterocycles. The molecule has 0 aliphatic carbocycles. The van der Waals surface area contributed by atoms with Gasteiger partial charge in [-0.2, -0.15) is 5.26 Å². The summed E-state index contributed by atoms with van der Waals surface area (Å²) in [6.45, 7) is 4.12. The molecule has 0 amide bonds. The summed E-state index contributed by atoms with van der Waals surface area (Å²) in [5, 5.41) is 12.1. The van der Waals surface area contributed by atoms with Crippen LogP contribution in [0, 0.1) is 11.3 Å². The van der Waals surface area contributed by atoms with Crippen molar-refractivity contribution in [3.05, 3.63) is 23.9 Å². The molecule has 1 atom stereocenters. The normalized spacial score (nSPS) is 21.5. The summed E-state index contributed by atoms with van der Waals surface area (Å²) in [5.41, 5.74) is 0.640.